The van der Waals surface area contributed by atoms with Crippen molar-refractivity contribution in [3.05, 3.63) is 18.0 Å². The molecule has 76 valence electrons. The molecule has 0 bridgehead atoms. The first-order valence-corrected chi connectivity index (χ1v) is 4.64. The molecule has 1 fully saturated rings. The first-order chi connectivity index (χ1) is 6.66. The van der Waals surface area contributed by atoms with Crippen LogP contribution in [0.1, 0.15) is 23.2 Å². The highest BCUT2D eigenvalue weighted by molar-refractivity contribution is 5.93. The van der Waals surface area contributed by atoms with E-state index in [1.807, 2.05) is 0 Å². The van der Waals surface area contributed by atoms with Crippen LogP contribution in [0.25, 0.3) is 0 Å². The van der Waals surface area contributed by atoms with Gasteiger partial charge in [-0.25, -0.2) is 0 Å². The summed E-state index contributed by atoms with van der Waals surface area (Å²) in [5, 5.41) is 15.9. The lowest BCUT2D eigenvalue weighted by molar-refractivity contribution is 0.0447. The van der Waals surface area contributed by atoms with Crippen LogP contribution in [0.4, 0.5) is 0 Å². The number of hydrogen-bond acceptors (Lipinski definition) is 3. The number of nitrogens with one attached hydrogen (secondary N) is 1. The van der Waals surface area contributed by atoms with Crippen LogP contribution in [-0.4, -0.2) is 32.9 Å². The van der Waals surface area contributed by atoms with Crippen LogP contribution >= 0.6 is 0 Å². The molecular weight excluding hydrogens is 182 g/mol. The van der Waals surface area contributed by atoms with Crippen molar-refractivity contribution in [3.8, 4) is 0 Å². The molecule has 2 rings (SSSR count). The average molecular weight is 195 g/mol. The molecule has 0 aliphatic heterocycles. The van der Waals surface area contributed by atoms with Gasteiger partial charge < -0.3 is 10.4 Å². The van der Waals surface area contributed by atoms with Gasteiger partial charge >= 0.3 is 0 Å². The van der Waals surface area contributed by atoms with Gasteiger partial charge in [0.2, 0.25) is 0 Å². The molecule has 2 N–H and O–H groups in total. The summed E-state index contributed by atoms with van der Waals surface area (Å²) in [6.07, 6.45) is 4.42. The van der Waals surface area contributed by atoms with E-state index in [2.05, 4.69) is 10.4 Å². The van der Waals surface area contributed by atoms with Crippen LogP contribution in [0, 0.1) is 0 Å². The summed E-state index contributed by atoms with van der Waals surface area (Å²) < 4.78 is 1.58. The maximum absolute atomic E-state index is 11.5. The van der Waals surface area contributed by atoms with Gasteiger partial charge in [0.05, 0.1) is 23.9 Å². The fourth-order valence-corrected chi connectivity index (χ4v) is 1.44. The van der Waals surface area contributed by atoms with E-state index in [0.29, 0.717) is 5.56 Å². The summed E-state index contributed by atoms with van der Waals surface area (Å²) in [5.74, 6) is -0.165. The van der Waals surface area contributed by atoms with Crippen molar-refractivity contribution in [2.75, 3.05) is 0 Å². The van der Waals surface area contributed by atoms with E-state index in [0.717, 1.165) is 12.8 Å². The number of aliphatic hydroxyl groups is 1. The predicted molar refractivity (Wildman–Crippen MR) is 49.7 cm³/mol. The van der Waals surface area contributed by atoms with Gasteiger partial charge in [-0.2, -0.15) is 5.10 Å². The standard InChI is InChI=1S/C9H13N3O2/c1-12-5-6(4-10-12)9(14)11-7-2-3-8(7)13/h4-5,7-8,13H,2-3H2,1H3,(H,11,14)/t7-,8-/m1/s1. The van der Waals surface area contributed by atoms with Crippen molar-refractivity contribution in [1.29, 1.82) is 0 Å². The Morgan fingerprint density at radius 1 is 1.71 bits per heavy atom. The maximum atomic E-state index is 11.5. The molecule has 1 aliphatic rings. The van der Waals surface area contributed by atoms with Gasteiger partial charge in [0.1, 0.15) is 0 Å². The van der Waals surface area contributed by atoms with E-state index in [4.69, 9.17) is 0 Å². The normalized spacial score (nSPS) is 25.6. The molecule has 5 nitrogen and oxygen atoms in total. The molecule has 2 atom stereocenters. The summed E-state index contributed by atoms with van der Waals surface area (Å²) >= 11 is 0. The fraction of sp³-hybridized carbons (Fsp3) is 0.556. The van der Waals surface area contributed by atoms with Gasteiger partial charge in [0, 0.05) is 13.2 Å². The van der Waals surface area contributed by atoms with Crippen LogP contribution in [0.3, 0.4) is 0 Å². The van der Waals surface area contributed by atoms with Gasteiger partial charge in [0.15, 0.2) is 0 Å². The van der Waals surface area contributed by atoms with Crippen LogP contribution in [0.5, 0.6) is 0 Å². The van der Waals surface area contributed by atoms with Crippen molar-refractivity contribution >= 4 is 5.91 Å². The molecule has 0 aromatic carbocycles. The molecule has 0 saturated heterocycles. The maximum Gasteiger partial charge on any atom is 0.254 e. The number of hydrogen-bond donors (Lipinski definition) is 2. The number of aliphatic hydroxyl groups excluding tert-OH is 1. The molecule has 1 aromatic rings. The molecule has 1 aromatic heterocycles. The quantitative estimate of drug-likeness (QED) is 0.679. The van der Waals surface area contributed by atoms with E-state index in [9.17, 15) is 9.90 Å². The predicted octanol–water partition coefficient (Wildman–Crippen LogP) is -0.327. The first kappa shape index (κ1) is 9.21. The lowest BCUT2D eigenvalue weighted by Crippen LogP contribution is -2.50. The summed E-state index contributed by atoms with van der Waals surface area (Å²) in [6.45, 7) is 0. The minimum atomic E-state index is -0.379. The molecule has 5 heteroatoms. The number of nitrogens with zero attached hydrogens (tertiary/aromatic N) is 2. The number of carbonyl (C=O) groups excluding carboxylic acids is 1. The zero-order chi connectivity index (χ0) is 10.1. The zero-order valence-electron chi connectivity index (χ0n) is 7.97. The number of carbonyl (C=O) groups is 1. The largest absolute Gasteiger partial charge is 0.391 e. The third kappa shape index (κ3) is 1.63. The Morgan fingerprint density at radius 3 is 2.93 bits per heavy atom. The van der Waals surface area contributed by atoms with Crippen molar-refractivity contribution in [2.45, 2.75) is 25.0 Å². The van der Waals surface area contributed by atoms with Crippen molar-refractivity contribution in [3.63, 3.8) is 0 Å². The number of aromatic nitrogens is 2. The highest BCUT2D eigenvalue weighted by Gasteiger charge is 2.30. The summed E-state index contributed by atoms with van der Waals surface area (Å²) in [6, 6.07) is -0.0808. The van der Waals surface area contributed by atoms with Gasteiger partial charge in [-0.15, -0.1) is 0 Å². The molecule has 0 unspecified atom stereocenters. The number of amides is 1. The van der Waals surface area contributed by atoms with Gasteiger partial charge in [-0.05, 0) is 12.8 Å². The molecule has 0 radical (unpaired) electrons. The van der Waals surface area contributed by atoms with Gasteiger partial charge in [-0.3, -0.25) is 9.48 Å². The second-order valence-corrected chi connectivity index (χ2v) is 3.63. The van der Waals surface area contributed by atoms with E-state index in [1.165, 1.54) is 6.20 Å². The highest BCUT2D eigenvalue weighted by Crippen LogP contribution is 2.19. The average Bonchev–Trinajstić information content (AvgIpc) is 2.58. The molecule has 0 spiro atoms. The van der Waals surface area contributed by atoms with Crippen molar-refractivity contribution < 1.29 is 9.90 Å². The first-order valence-electron chi connectivity index (χ1n) is 4.64. The van der Waals surface area contributed by atoms with Crippen LogP contribution in [0.2, 0.25) is 0 Å². The third-order valence-electron chi connectivity index (χ3n) is 2.52. The Kier molecular flexibility index (Phi) is 2.25. The van der Waals surface area contributed by atoms with E-state index in [1.54, 1.807) is 17.9 Å². The Bertz CT molecular complexity index is 348. The van der Waals surface area contributed by atoms with E-state index in [-0.39, 0.29) is 18.1 Å². The highest BCUT2D eigenvalue weighted by atomic mass is 16.3. The van der Waals surface area contributed by atoms with Crippen molar-refractivity contribution in [1.82, 2.24) is 15.1 Å². The minimum Gasteiger partial charge on any atom is -0.391 e. The second kappa shape index (κ2) is 3.42. The lowest BCUT2D eigenvalue weighted by atomic mass is 9.89. The number of rotatable bonds is 2. The van der Waals surface area contributed by atoms with Crippen LogP contribution < -0.4 is 5.32 Å². The molecule has 1 aliphatic carbocycles. The Labute approximate surface area is 81.7 Å². The van der Waals surface area contributed by atoms with E-state index < -0.39 is 0 Å². The SMILES string of the molecule is Cn1cc(C(=O)N[C@@H]2CC[C@H]2O)cn1. The second-order valence-electron chi connectivity index (χ2n) is 3.63. The van der Waals surface area contributed by atoms with Crippen LogP contribution in [0.15, 0.2) is 12.4 Å². The summed E-state index contributed by atoms with van der Waals surface area (Å²) in [4.78, 5) is 11.5. The molecular formula is C9H13N3O2. The molecule has 14 heavy (non-hydrogen) atoms. The Morgan fingerprint density at radius 2 is 2.50 bits per heavy atom. The molecule has 1 amide bonds. The smallest absolute Gasteiger partial charge is 0.254 e. The molecule has 1 heterocycles. The summed E-state index contributed by atoms with van der Waals surface area (Å²) in [7, 11) is 1.76. The third-order valence-corrected chi connectivity index (χ3v) is 2.52. The lowest BCUT2D eigenvalue weighted by Gasteiger charge is -2.32. The fourth-order valence-electron chi connectivity index (χ4n) is 1.44. The van der Waals surface area contributed by atoms with Crippen LogP contribution in [-0.2, 0) is 7.05 Å². The Hall–Kier alpha value is -1.36. The topological polar surface area (TPSA) is 67.2 Å². The molecule has 1 saturated carbocycles. The van der Waals surface area contributed by atoms with Gasteiger partial charge in [0.25, 0.3) is 5.91 Å². The van der Waals surface area contributed by atoms with E-state index >= 15 is 0 Å². The monoisotopic (exact) mass is 195 g/mol. The Balaban J connectivity index is 1.95. The summed E-state index contributed by atoms with van der Waals surface area (Å²) in [5.41, 5.74) is 0.534. The minimum absolute atomic E-state index is 0.0808. The van der Waals surface area contributed by atoms with Crippen molar-refractivity contribution in [2.24, 2.45) is 7.05 Å². The number of aryl methyl sites for hydroxylation is 1. The zero-order valence-corrected chi connectivity index (χ0v) is 7.97. The van der Waals surface area contributed by atoms with Gasteiger partial charge in [-0.1, -0.05) is 0 Å².